The number of aromatic nitrogens is 1. The van der Waals surface area contributed by atoms with Crippen molar-refractivity contribution in [3.8, 4) is 5.88 Å². The summed E-state index contributed by atoms with van der Waals surface area (Å²) in [6.45, 7) is 0.583. The van der Waals surface area contributed by atoms with E-state index in [2.05, 4.69) is 43.4 Å². The molecule has 2 aromatic rings. The van der Waals surface area contributed by atoms with E-state index in [9.17, 15) is 0 Å². The highest BCUT2D eigenvalue weighted by atomic mass is 16.5. The summed E-state index contributed by atoms with van der Waals surface area (Å²) in [5.74, 6) is 2.09. The zero-order valence-electron chi connectivity index (χ0n) is 16.1. The zero-order valence-corrected chi connectivity index (χ0v) is 16.1. The Labute approximate surface area is 164 Å². The molecule has 0 aliphatic carbocycles. The van der Waals surface area contributed by atoms with Crippen LogP contribution in [0.15, 0.2) is 71.1 Å². The number of anilines is 2. The number of hydrogen-bond donors (Lipinski definition) is 1. The average molecular weight is 374 g/mol. The fourth-order valence-corrected chi connectivity index (χ4v) is 3.08. The Morgan fingerprint density at radius 3 is 2.82 bits per heavy atom. The van der Waals surface area contributed by atoms with Crippen molar-refractivity contribution in [2.75, 3.05) is 38.0 Å². The van der Waals surface area contributed by atoms with Crippen LogP contribution in [-0.4, -0.2) is 49.3 Å². The molecule has 1 N–H and O–H groups in total. The van der Waals surface area contributed by atoms with Crippen LogP contribution in [0, 0.1) is 0 Å². The lowest BCUT2D eigenvalue weighted by atomic mass is 10.1. The second-order valence-electron chi connectivity index (χ2n) is 6.56. The summed E-state index contributed by atoms with van der Waals surface area (Å²) in [6, 6.07) is 12.0. The largest absolute Gasteiger partial charge is 0.481 e. The third-order valence-corrected chi connectivity index (χ3v) is 4.51. The molecule has 142 valence electrons. The molecule has 0 saturated heterocycles. The van der Waals surface area contributed by atoms with Crippen molar-refractivity contribution in [3.63, 3.8) is 0 Å². The Morgan fingerprint density at radius 1 is 1.18 bits per heavy atom. The number of aliphatic imine (C=N–C) groups is 2. The maximum absolute atomic E-state index is 5.16. The summed E-state index contributed by atoms with van der Waals surface area (Å²) in [5.41, 5.74) is 4.09. The van der Waals surface area contributed by atoms with Gasteiger partial charge in [0.2, 0.25) is 5.88 Å². The van der Waals surface area contributed by atoms with E-state index >= 15 is 0 Å². The number of benzene rings is 1. The molecule has 0 spiro atoms. The molecule has 0 unspecified atom stereocenters. The molecule has 0 amide bonds. The number of nitrogens with zero attached hydrogens (tertiary/aromatic N) is 5. The summed E-state index contributed by atoms with van der Waals surface area (Å²) in [7, 11) is 5.65. The first-order valence-corrected chi connectivity index (χ1v) is 8.99. The monoisotopic (exact) mass is 374 g/mol. The highest BCUT2D eigenvalue weighted by Gasteiger charge is 2.25. The van der Waals surface area contributed by atoms with E-state index in [0.29, 0.717) is 18.3 Å². The number of amidine groups is 2. The van der Waals surface area contributed by atoms with Gasteiger partial charge in [-0.05, 0) is 30.3 Å². The molecule has 1 aromatic heterocycles. The highest BCUT2D eigenvalue weighted by molar-refractivity contribution is 6.46. The lowest BCUT2D eigenvalue weighted by Crippen LogP contribution is -2.39. The van der Waals surface area contributed by atoms with Crippen LogP contribution in [0.5, 0.6) is 5.88 Å². The smallest absolute Gasteiger partial charge is 0.212 e. The second kappa shape index (κ2) is 7.56. The number of rotatable bonds is 4. The molecule has 0 bridgehead atoms. The molecule has 28 heavy (non-hydrogen) atoms. The van der Waals surface area contributed by atoms with Crippen molar-refractivity contribution >= 4 is 28.7 Å². The maximum atomic E-state index is 5.16. The van der Waals surface area contributed by atoms with Gasteiger partial charge in [0.25, 0.3) is 0 Å². The van der Waals surface area contributed by atoms with Crippen molar-refractivity contribution in [1.29, 1.82) is 0 Å². The van der Waals surface area contributed by atoms with Gasteiger partial charge in [-0.25, -0.2) is 9.98 Å². The molecule has 4 rings (SSSR count). The van der Waals surface area contributed by atoms with Gasteiger partial charge in [0.1, 0.15) is 0 Å². The number of hydrogen-bond acceptors (Lipinski definition) is 7. The number of pyridine rings is 1. The lowest BCUT2D eigenvalue weighted by Gasteiger charge is -2.30. The number of nitrogens with one attached hydrogen (secondary N) is 1. The van der Waals surface area contributed by atoms with E-state index in [1.807, 2.05) is 49.5 Å². The van der Waals surface area contributed by atoms with Gasteiger partial charge in [-0.2, -0.15) is 0 Å². The highest BCUT2D eigenvalue weighted by Crippen LogP contribution is 2.26. The van der Waals surface area contributed by atoms with Gasteiger partial charge in [0.15, 0.2) is 11.7 Å². The molecule has 2 aliphatic heterocycles. The van der Waals surface area contributed by atoms with E-state index < -0.39 is 0 Å². The van der Waals surface area contributed by atoms with Crippen LogP contribution < -0.4 is 15.0 Å². The SMILES string of the molecule is COc1ccc(C2=CCN=C3C(Nc4cccc(N(C)C)c4)=NC=CN23)cn1. The van der Waals surface area contributed by atoms with E-state index in [1.165, 1.54) is 0 Å². The molecular formula is C21H22N6O. The minimum absolute atomic E-state index is 0.583. The number of ether oxygens (including phenoxy) is 1. The van der Waals surface area contributed by atoms with Crippen molar-refractivity contribution in [3.05, 3.63) is 66.6 Å². The normalized spacial score (nSPS) is 15.2. The molecule has 7 heteroatoms. The number of methoxy groups -OCH3 is 1. The minimum Gasteiger partial charge on any atom is -0.481 e. The molecule has 2 aliphatic rings. The van der Waals surface area contributed by atoms with Crippen molar-refractivity contribution in [2.24, 2.45) is 9.98 Å². The van der Waals surface area contributed by atoms with Gasteiger partial charge in [-0.15, -0.1) is 0 Å². The fraction of sp³-hybridized carbons (Fsp3) is 0.190. The Bertz CT molecular complexity index is 988. The fourth-order valence-electron chi connectivity index (χ4n) is 3.08. The van der Waals surface area contributed by atoms with Gasteiger partial charge in [-0.3, -0.25) is 9.89 Å². The van der Waals surface area contributed by atoms with Crippen molar-refractivity contribution in [1.82, 2.24) is 9.88 Å². The molecule has 1 aromatic carbocycles. The summed E-state index contributed by atoms with van der Waals surface area (Å²) < 4.78 is 5.16. The third kappa shape index (κ3) is 3.46. The van der Waals surface area contributed by atoms with Crippen molar-refractivity contribution < 1.29 is 4.74 Å². The predicted molar refractivity (Wildman–Crippen MR) is 114 cm³/mol. The van der Waals surface area contributed by atoms with Crippen LogP contribution in [0.4, 0.5) is 11.4 Å². The molecule has 3 heterocycles. The Hall–Kier alpha value is -3.61. The molecule has 7 nitrogen and oxygen atoms in total. The first kappa shape index (κ1) is 17.8. The van der Waals surface area contributed by atoms with Crippen LogP contribution in [0.3, 0.4) is 0 Å². The van der Waals surface area contributed by atoms with Crippen LogP contribution in [0.2, 0.25) is 0 Å². The Morgan fingerprint density at radius 2 is 2.07 bits per heavy atom. The van der Waals surface area contributed by atoms with Crippen LogP contribution in [0.1, 0.15) is 5.56 Å². The second-order valence-corrected chi connectivity index (χ2v) is 6.56. The van der Waals surface area contributed by atoms with Crippen LogP contribution in [0.25, 0.3) is 5.70 Å². The first-order chi connectivity index (χ1) is 13.7. The molecular weight excluding hydrogens is 352 g/mol. The van der Waals surface area contributed by atoms with Gasteiger partial charge < -0.3 is 15.0 Å². The van der Waals surface area contributed by atoms with Gasteiger partial charge in [-0.1, -0.05) is 6.07 Å². The summed E-state index contributed by atoms with van der Waals surface area (Å²) in [4.78, 5) is 17.6. The minimum atomic E-state index is 0.583. The Kier molecular flexibility index (Phi) is 4.80. The molecule has 0 radical (unpaired) electrons. The molecule has 0 saturated carbocycles. The quantitative estimate of drug-likeness (QED) is 0.890. The van der Waals surface area contributed by atoms with Gasteiger partial charge in [0.05, 0.1) is 19.4 Å². The maximum Gasteiger partial charge on any atom is 0.212 e. The summed E-state index contributed by atoms with van der Waals surface area (Å²) in [6.07, 6.45) is 7.57. The third-order valence-electron chi connectivity index (χ3n) is 4.51. The summed E-state index contributed by atoms with van der Waals surface area (Å²) >= 11 is 0. The van der Waals surface area contributed by atoms with E-state index in [0.717, 1.165) is 28.5 Å². The Balaban J connectivity index is 1.58. The average Bonchev–Trinajstić information content (AvgIpc) is 2.74. The molecule has 0 fully saturated rings. The van der Waals surface area contributed by atoms with E-state index in [-0.39, 0.29) is 0 Å². The van der Waals surface area contributed by atoms with Gasteiger partial charge >= 0.3 is 0 Å². The zero-order chi connectivity index (χ0) is 19.5. The topological polar surface area (TPSA) is 65.3 Å². The predicted octanol–water partition coefficient (Wildman–Crippen LogP) is 3.21. The number of fused-ring (bicyclic) bond motifs is 1. The van der Waals surface area contributed by atoms with Crippen LogP contribution in [-0.2, 0) is 0 Å². The van der Waals surface area contributed by atoms with Crippen LogP contribution >= 0.6 is 0 Å². The molecule has 0 atom stereocenters. The van der Waals surface area contributed by atoms with Crippen molar-refractivity contribution in [2.45, 2.75) is 0 Å². The van der Waals surface area contributed by atoms with E-state index in [1.54, 1.807) is 19.5 Å². The van der Waals surface area contributed by atoms with E-state index in [4.69, 9.17) is 4.74 Å². The van der Waals surface area contributed by atoms with Gasteiger partial charge in [0, 0.05) is 55.7 Å². The summed E-state index contributed by atoms with van der Waals surface area (Å²) in [5, 5.41) is 3.40. The lowest BCUT2D eigenvalue weighted by molar-refractivity contribution is 0.398. The first-order valence-electron chi connectivity index (χ1n) is 8.99. The standard InChI is InChI=1S/C21H22N6O/c1-26(2)17-6-4-5-16(13-17)25-20-21-23-10-9-18(27(21)12-11-22-20)15-7-8-19(28-3)24-14-15/h4-9,11-14H,10H2,1-3H3,(H,22,25).